The maximum absolute atomic E-state index is 11.7. The highest BCUT2D eigenvalue weighted by atomic mass is 16.3. The summed E-state index contributed by atoms with van der Waals surface area (Å²) in [6.45, 7) is 2.35. The molecule has 1 amide bonds. The quantitative estimate of drug-likeness (QED) is 0.779. The topological polar surface area (TPSA) is 92.9 Å². The summed E-state index contributed by atoms with van der Waals surface area (Å²) < 4.78 is 0. The van der Waals surface area contributed by atoms with Gasteiger partial charge in [0.1, 0.15) is 6.54 Å². The molecule has 21 heavy (non-hydrogen) atoms. The van der Waals surface area contributed by atoms with Gasteiger partial charge in [-0.1, -0.05) is 37.3 Å². The molecule has 0 saturated heterocycles. The Hall–Kier alpha value is -2.28. The minimum Gasteiger partial charge on any atom is -0.393 e. The molecule has 2 aromatic rings. The number of tetrazole rings is 1. The van der Waals surface area contributed by atoms with Crippen LogP contribution in [0.1, 0.15) is 19.8 Å². The second-order valence-electron chi connectivity index (χ2n) is 4.71. The lowest BCUT2D eigenvalue weighted by atomic mass is 10.2. The van der Waals surface area contributed by atoms with Crippen molar-refractivity contribution < 1.29 is 9.90 Å². The average Bonchev–Trinajstić information content (AvgIpc) is 2.96. The van der Waals surface area contributed by atoms with Gasteiger partial charge in [0, 0.05) is 12.1 Å². The van der Waals surface area contributed by atoms with E-state index < -0.39 is 0 Å². The number of carbonyl (C=O) groups excluding carboxylic acids is 1. The molecule has 7 heteroatoms. The molecule has 0 radical (unpaired) electrons. The zero-order valence-electron chi connectivity index (χ0n) is 11.9. The van der Waals surface area contributed by atoms with Crippen molar-refractivity contribution in [3.05, 3.63) is 30.3 Å². The zero-order valence-corrected chi connectivity index (χ0v) is 11.9. The van der Waals surface area contributed by atoms with Crippen LogP contribution in [0.15, 0.2) is 30.3 Å². The van der Waals surface area contributed by atoms with Gasteiger partial charge in [-0.2, -0.15) is 4.80 Å². The van der Waals surface area contributed by atoms with Crippen molar-refractivity contribution in [2.75, 3.05) is 6.54 Å². The Morgan fingerprint density at radius 3 is 2.86 bits per heavy atom. The molecule has 1 atom stereocenters. The van der Waals surface area contributed by atoms with Crippen LogP contribution in [-0.2, 0) is 11.3 Å². The van der Waals surface area contributed by atoms with Crippen molar-refractivity contribution in [1.29, 1.82) is 0 Å². The summed E-state index contributed by atoms with van der Waals surface area (Å²) in [6.07, 6.45) is 0.850. The van der Waals surface area contributed by atoms with Crippen molar-refractivity contribution in [1.82, 2.24) is 25.5 Å². The first-order valence-electron chi connectivity index (χ1n) is 6.97. The average molecular weight is 289 g/mol. The van der Waals surface area contributed by atoms with E-state index in [0.29, 0.717) is 25.2 Å². The maximum Gasteiger partial charge on any atom is 0.243 e. The monoisotopic (exact) mass is 289 g/mol. The van der Waals surface area contributed by atoms with Crippen LogP contribution < -0.4 is 5.32 Å². The lowest BCUT2D eigenvalue weighted by molar-refractivity contribution is -0.122. The maximum atomic E-state index is 11.7. The molecule has 0 spiro atoms. The van der Waals surface area contributed by atoms with Gasteiger partial charge in [-0.15, -0.1) is 10.2 Å². The summed E-state index contributed by atoms with van der Waals surface area (Å²) >= 11 is 0. The Balaban J connectivity index is 1.84. The van der Waals surface area contributed by atoms with E-state index >= 15 is 0 Å². The molecule has 1 unspecified atom stereocenters. The Kier molecular flexibility index (Phi) is 5.39. The van der Waals surface area contributed by atoms with Gasteiger partial charge in [0.15, 0.2) is 0 Å². The Morgan fingerprint density at radius 1 is 1.38 bits per heavy atom. The van der Waals surface area contributed by atoms with Crippen LogP contribution in [0, 0.1) is 0 Å². The number of hydrogen-bond acceptors (Lipinski definition) is 5. The second-order valence-corrected chi connectivity index (χ2v) is 4.71. The van der Waals surface area contributed by atoms with Crippen molar-refractivity contribution in [2.45, 2.75) is 32.4 Å². The fourth-order valence-corrected chi connectivity index (χ4v) is 1.78. The minimum absolute atomic E-state index is 0.0159. The van der Waals surface area contributed by atoms with Gasteiger partial charge in [0.2, 0.25) is 11.7 Å². The van der Waals surface area contributed by atoms with Gasteiger partial charge in [-0.05, 0) is 18.1 Å². The number of rotatable bonds is 7. The number of hydrogen-bond donors (Lipinski definition) is 2. The molecule has 2 N–H and O–H groups in total. The molecule has 0 aliphatic carbocycles. The molecule has 1 heterocycles. The third kappa shape index (κ3) is 4.64. The highest BCUT2D eigenvalue weighted by molar-refractivity contribution is 5.75. The van der Waals surface area contributed by atoms with Crippen LogP contribution in [0.2, 0.25) is 0 Å². The highest BCUT2D eigenvalue weighted by Crippen LogP contribution is 2.11. The SMILES string of the molecule is CCC(O)CCNC(=O)Cn1nnc(-c2ccccc2)n1. The number of nitrogens with one attached hydrogen (secondary N) is 1. The fourth-order valence-electron chi connectivity index (χ4n) is 1.78. The van der Waals surface area contributed by atoms with E-state index in [0.717, 1.165) is 5.56 Å². The molecular formula is C14H19N5O2. The molecule has 0 saturated carbocycles. The smallest absolute Gasteiger partial charge is 0.243 e. The lowest BCUT2D eigenvalue weighted by Crippen LogP contribution is -2.30. The zero-order chi connectivity index (χ0) is 15.1. The molecule has 1 aromatic carbocycles. The number of carbonyl (C=O) groups is 1. The van der Waals surface area contributed by atoms with Gasteiger partial charge in [-0.3, -0.25) is 4.79 Å². The van der Waals surface area contributed by atoms with Gasteiger partial charge in [0.05, 0.1) is 6.10 Å². The van der Waals surface area contributed by atoms with E-state index in [9.17, 15) is 9.90 Å². The van der Waals surface area contributed by atoms with Crippen molar-refractivity contribution >= 4 is 5.91 Å². The van der Waals surface area contributed by atoms with Gasteiger partial charge in [0.25, 0.3) is 0 Å². The van der Waals surface area contributed by atoms with E-state index in [-0.39, 0.29) is 18.6 Å². The summed E-state index contributed by atoms with van der Waals surface area (Å²) in [4.78, 5) is 13.0. The number of amides is 1. The summed E-state index contributed by atoms with van der Waals surface area (Å²) in [5.41, 5.74) is 0.857. The van der Waals surface area contributed by atoms with Gasteiger partial charge in [-0.25, -0.2) is 0 Å². The fraction of sp³-hybridized carbons (Fsp3) is 0.429. The molecule has 0 fully saturated rings. The molecule has 7 nitrogen and oxygen atoms in total. The van der Waals surface area contributed by atoms with Gasteiger partial charge < -0.3 is 10.4 Å². The molecule has 0 aliphatic heterocycles. The first-order chi connectivity index (χ1) is 10.2. The number of aliphatic hydroxyl groups is 1. The van der Waals surface area contributed by atoms with Crippen LogP contribution in [0.3, 0.4) is 0 Å². The van der Waals surface area contributed by atoms with E-state index in [1.54, 1.807) is 0 Å². The van der Waals surface area contributed by atoms with Crippen LogP contribution >= 0.6 is 0 Å². The Bertz CT molecular complexity index is 570. The molecule has 2 rings (SSSR count). The predicted molar refractivity (Wildman–Crippen MR) is 77.2 cm³/mol. The largest absolute Gasteiger partial charge is 0.393 e. The minimum atomic E-state index is -0.375. The van der Waals surface area contributed by atoms with Crippen molar-refractivity contribution in [3.63, 3.8) is 0 Å². The number of aromatic nitrogens is 4. The normalized spacial score (nSPS) is 12.1. The summed E-state index contributed by atoms with van der Waals surface area (Å²) in [5, 5.41) is 24.1. The second kappa shape index (κ2) is 7.49. The Labute approximate surface area is 123 Å². The Morgan fingerprint density at radius 2 is 2.14 bits per heavy atom. The van der Waals surface area contributed by atoms with Crippen molar-refractivity contribution in [2.24, 2.45) is 0 Å². The van der Waals surface area contributed by atoms with Crippen molar-refractivity contribution in [3.8, 4) is 11.4 Å². The first-order valence-corrected chi connectivity index (χ1v) is 6.97. The van der Waals surface area contributed by atoms with Crippen LogP contribution in [0.25, 0.3) is 11.4 Å². The third-order valence-electron chi connectivity index (χ3n) is 3.04. The van der Waals surface area contributed by atoms with E-state index in [1.165, 1.54) is 4.80 Å². The molecule has 0 bridgehead atoms. The number of nitrogens with zero attached hydrogens (tertiary/aromatic N) is 4. The number of benzene rings is 1. The van der Waals surface area contributed by atoms with Gasteiger partial charge >= 0.3 is 0 Å². The van der Waals surface area contributed by atoms with Crippen LogP contribution in [0.5, 0.6) is 0 Å². The summed E-state index contributed by atoms with van der Waals surface area (Å²) in [6, 6.07) is 9.46. The lowest BCUT2D eigenvalue weighted by Gasteiger charge is -2.08. The van der Waals surface area contributed by atoms with Crippen LogP contribution in [0.4, 0.5) is 0 Å². The third-order valence-corrected chi connectivity index (χ3v) is 3.04. The number of aliphatic hydroxyl groups excluding tert-OH is 1. The molecule has 1 aromatic heterocycles. The predicted octanol–water partition coefficient (Wildman–Crippen LogP) is 0.617. The highest BCUT2D eigenvalue weighted by Gasteiger charge is 2.09. The molecular weight excluding hydrogens is 270 g/mol. The van der Waals surface area contributed by atoms with E-state index in [1.807, 2.05) is 37.3 Å². The van der Waals surface area contributed by atoms with E-state index in [2.05, 4.69) is 20.7 Å². The summed E-state index contributed by atoms with van der Waals surface area (Å²) in [5.74, 6) is 0.292. The van der Waals surface area contributed by atoms with Crippen LogP contribution in [-0.4, -0.2) is 43.9 Å². The molecule has 112 valence electrons. The molecule has 0 aliphatic rings. The summed E-state index contributed by atoms with van der Waals surface area (Å²) in [7, 11) is 0. The van der Waals surface area contributed by atoms with E-state index in [4.69, 9.17) is 0 Å². The first kappa shape index (κ1) is 15.1. The standard InChI is InChI=1S/C14H19N5O2/c1-2-12(20)8-9-15-13(21)10-19-17-14(16-18-19)11-6-4-3-5-7-11/h3-7,12,20H,2,8-10H2,1H3,(H,15,21).